The van der Waals surface area contributed by atoms with E-state index >= 15 is 0 Å². The monoisotopic (exact) mass is 492 g/mol. The molecule has 0 aliphatic carbocycles. The van der Waals surface area contributed by atoms with E-state index in [9.17, 15) is 0 Å². The first-order chi connectivity index (χ1) is 12.6. The van der Waals surface area contributed by atoms with Crippen molar-refractivity contribution < 1.29 is 9.47 Å². The summed E-state index contributed by atoms with van der Waals surface area (Å²) in [7, 11) is 5.64. The molecule has 0 aliphatic rings. The molecule has 1 aromatic carbocycles. The van der Waals surface area contributed by atoms with Gasteiger partial charge >= 0.3 is 0 Å². The molecule has 27 heavy (non-hydrogen) atoms. The molecule has 0 amide bonds. The Morgan fingerprint density at radius 3 is 2.63 bits per heavy atom. The highest BCUT2D eigenvalue weighted by molar-refractivity contribution is 14.0. The van der Waals surface area contributed by atoms with Crippen molar-refractivity contribution in [1.82, 2.24) is 15.5 Å². The van der Waals surface area contributed by atoms with E-state index < -0.39 is 0 Å². The SMILES string of the molecule is CCCOc1cc(C)ccc1CNC(=NC)NCCCN(C)CCOC.I. The van der Waals surface area contributed by atoms with Gasteiger partial charge in [-0.15, -0.1) is 24.0 Å². The predicted molar refractivity (Wildman–Crippen MR) is 125 cm³/mol. The average molecular weight is 492 g/mol. The molecule has 0 aromatic heterocycles. The number of benzene rings is 1. The fourth-order valence-electron chi connectivity index (χ4n) is 2.47. The molecular formula is C20H37IN4O2. The van der Waals surface area contributed by atoms with Crippen LogP contribution in [0.25, 0.3) is 0 Å². The Bertz CT molecular complexity index is 541. The lowest BCUT2D eigenvalue weighted by atomic mass is 10.1. The number of likely N-dealkylation sites (N-methyl/N-ethyl adjacent to an activating group) is 1. The molecule has 2 N–H and O–H groups in total. The van der Waals surface area contributed by atoms with Crippen molar-refractivity contribution in [2.75, 3.05) is 54.1 Å². The molecule has 0 atom stereocenters. The van der Waals surface area contributed by atoms with Crippen LogP contribution >= 0.6 is 24.0 Å². The molecule has 0 spiro atoms. The van der Waals surface area contributed by atoms with Gasteiger partial charge in [0.05, 0.1) is 13.2 Å². The first kappa shape index (κ1) is 25.9. The Morgan fingerprint density at radius 1 is 1.19 bits per heavy atom. The quantitative estimate of drug-likeness (QED) is 0.203. The lowest BCUT2D eigenvalue weighted by Crippen LogP contribution is -2.38. The maximum Gasteiger partial charge on any atom is 0.191 e. The van der Waals surface area contributed by atoms with Crippen LogP contribution in [-0.2, 0) is 11.3 Å². The maximum absolute atomic E-state index is 5.87. The van der Waals surface area contributed by atoms with Crippen molar-refractivity contribution in [3.63, 3.8) is 0 Å². The third kappa shape index (κ3) is 11.4. The number of methoxy groups -OCH3 is 1. The topological polar surface area (TPSA) is 58.1 Å². The standard InChI is InChI=1S/C20H36N4O2.HI/c1-6-13-26-19-15-17(2)8-9-18(19)16-23-20(21-3)22-10-7-11-24(4)12-14-25-5;/h8-9,15H,6-7,10-14,16H2,1-5H3,(H2,21,22,23);1H. The van der Waals surface area contributed by atoms with Gasteiger partial charge in [0.15, 0.2) is 5.96 Å². The average Bonchev–Trinajstić information content (AvgIpc) is 2.65. The Kier molecular flexibility index (Phi) is 15.3. The molecule has 0 aliphatic heterocycles. The summed E-state index contributed by atoms with van der Waals surface area (Å²) < 4.78 is 11.0. The summed E-state index contributed by atoms with van der Waals surface area (Å²) in [6.45, 7) is 9.26. The number of nitrogens with one attached hydrogen (secondary N) is 2. The highest BCUT2D eigenvalue weighted by Gasteiger charge is 2.06. The minimum Gasteiger partial charge on any atom is -0.493 e. The van der Waals surface area contributed by atoms with Crippen LogP contribution in [-0.4, -0.2) is 64.9 Å². The van der Waals surface area contributed by atoms with Crippen LogP contribution < -0.4 is 15.4 Å². The Morgan fingerprint density at radius 2 is 1.96 bits per heavy atom. The molecule has 156 valence electrons. The highest BCUT2D eigenvalue weighted by Crippen LogP contribution is 2.20. The number of nitrogens with zero attached hydrogens (tertiary/aromatic N) is 2. The number of hydrogen-bond acceptors (Lipinski definition) is 4. The third-order valence-electron chi connectivity index (χ3n) is 4.04. The Hall–Kier alpha value is -1.06. The van der Waals surface area contributed by atoms with Crippen LogP contribution in [0.4, 0.5) is 0 Å². The number of aryl methyl sites for hydroxylation is 1. The minimum absolute atomic E-state index is 0. The van der Waals surface area contributed by atoms with Crippen LogP contribution in [0.5, 0.6) is 5.75 Å². The van der Waals surface area contributed by atoms with Gasteiger partial charge in [-0.05, 0) is 45.0 Å². The lowest BCUT2D eigenvalue weighted by molar-refractivity contribution is 0.161. The third-order valence-corrected chi connectivity index (χ3v) is 4.04. The summed E-state index contributed by atoms with van der Waals surface area (Å²) in [5, 5.41) is 6.73. The maximum atomic E-state index is 5.87. The van der Waals surface area contributed by atoms with Gasteiger partial charge < -0.3 is 25.0 Å². The van der Waals surface area contributed by atoms with Crippen molar-refractivity contribution in [2.24, 2.45) is 4.99 Å². The van der Waals surface area contributed by atoms with E-state index in [1.165, 1.54) is 5.56 Å². The van der Waals surface area contributed by atoms with Gasteiger partial charge in [-0.25, -0.2) is 0 Å². The van der Waals surface area contributed by atoms with E-state index in [1.807, 2.05) is 0 Å². The first-order valence-corrected chi connectivity index (χ1v) is 9.45. The normalized spacial score (nSPS) is 11.3. The smallest absolute Gasteiger partial charge is 0.191 e. The van der Waals surface area contributed by atoms with Crippen molar-refractivity contribution >= 4 is 29.9 Å². The molecule has 1 rings (SSSR count). The second-order valence-corrected chi connectivity index (χ2v) is 6.46. The number of hydrogen-bond donors (Lipinski definition) is 2. The van der Waals surface area contributed by atoms with Gasteiger partial charge in [0.2, 0.25) is 0 Å². The van der Waals surface area contributed by atoms with Crippen LogP contribution in [0.2, 0.25) is 0 Å². The van der Waals surface area contributed by atoms with Crippen molar-refractivity contribution in [1.29, 1.82) is 0 Å². The lowest BCUT2D eigenvalue weighted by Gasteiger charge is -2.17. The van der Waals surface area contributed by atoms with Crippen LogP contribution in [0.3, 0.4) is 0 Å². The van der Waals surface area contributed by atoms with E-state index in [0.717, 1.165) is 63.0 Å². The van der Waals surface area contributed by atoms with Gasteiger partial charge in [-0.1, -0.05) is 19.1 Å². The highest BCUT2D eigenvalue weighted by atomic mass is 127. The molecule has 0 fully saturated rings. The fraction of sp³-hybridized carbons (Fsp3) is 0.650. The van der Waals surface area contributed by atoms with Crippen LogP contribution in [0.15, 0.2) is 23.2 Å². The van der Waals surface area contributed by atoms with E-state index in [4.69, 9.17) is 9.47 Å². The van der Waals surface area contributed by atoms with Crippen LogP contribution in [0, 0.1) is 6.92 Å². The fourth-order valence-corrected chi connectivity index (χ4v) is 2.47. The zero-order valence-electron chi connectivity index (χ0n) is 17.5. The first-order valence-electron chi connectivity index (χ1n) is 9.45. The molecule has 0 unspecified atom stereocenters. The Balaban J connectivity index is 0.00000676. The molecule has 7 heteroatoms. The molecule has 0 radical (unpaired) electrons. The molecule has 6 nitrogen and oxygen atoms in total. The van der Waals surface area contributed by atoms with E-state index in [2.05, 4.69) is 59.6 Å². The van der Waals surface area contributed by atoms with Crippen molar-refractivity contribution in [2.45, 2.75) is 33.2 Å². The zero-order chi connectivity index (χ0) is 19.2. The summed E-state index contributed by atoms with van der Waals surface area (Å²) in [5.74, 6) is 1.76. The zero-order valence-corrected chi connectivity index (χ0v) is 19.8. The summed E-state index contributed by atoms with van der Waals surface area (Å²) in [5.41, 5.74) is 2.35. The molecule has 0 saturated heterocycles. The largest absolute Gasteiger partial charge is 0.493 e. The van der Waals surface area contributed by atoms with Crippen molar-refractivity contribution in [3.8, 4) is 5.75 Å². The van der Waals surface area contributed by atoms with Crippen molar-refractivity contribution in [3.05, 3.63) is 29.3 Å². The summed E-state index contributed by atoms with van der Waals surface area (Å²) in [6.07, 6.45) is 2.05. The second-order valence-electron chi connectivity index (χ2n) is 6.46. The predicted octanol–water partition coefficient (Wildman–Crippen LogP) is 3.04. The minimum atomic E-state index is 0. The van der Waals surface area contributed by atoms with E-state index in [0.29, 0.717) is 6.54 Å². The van der Waals surface area contributed by atoms with E-state index in [1.54, 1.807) is 14.2 Å². The number of guanidine groups is 1. The second kappa shape index (κ2) is 15.9. The number of halogens is 1. The van der Waals surface area contributed by atoms with Gasteiger partial charge in [0.1, 0.15) is 5.75 Å². The van der Waals surface area contributed by atoms with Gasteiger partial charge in [0.25, 0.3) is 0 Å². The number of aliphatic imine (C=N–C) groups is 1. The van der Waals surface area contributed by atoms with Gasteiger partial charge in [-0.2, -0.15) is 0 Å². The number of rotatable bonds is 12. The number of ether oxygens (including phenoxy) is 2. The summed E-state index contributed by atoms with van der Waals surface area (Å²) >= 11 is 0. The van der Waals surface area contributed by atoms with Gasteiger partial charge in [0, 0.05) is 39.4 Å². The van der Waals surface area contributed by atoms with E-state index in [-0.39, 0.29) is 24.0 Å². The summed E-state index contributed by atoms with van der Waals surface area (Å²) in [6, 6.07) is 6.33. The van der Waals surface area contributed by atoms with Crippen LogP contribution in [0.1, 0.15) is 30.9 Å². The molecule has 0 bridgehead atoms. The summed E-state index contributed by atoms with van der Waals surface area (Å²) in [4.78, 5) is 6.57. The molecule has 0 saturated carbocycles. The molecule has 0 heterocycles. The Labute approximate surface area is 182 Å². The van der Waals surface area contributed by atoms with Gasteiger partial charge in [-0.3, -0.25) is 4.99 Å². The molecular weight excluding hydrogens is 455 g/mol. The molecule has 1 aromatic rings.